The van der Waals surface area contributed by atoms with Gasteiger partial charge in [-0.1, -0.05) is 0 Å². The van der Waals surface area contributed by atoms with Crippen molar-refractivity contribution in [1.29, 1.82) is 0 Å². The molecule has 0 fully saturated rings. The zero-order valence-corrected chi connectivity index (χ0v) is 12.6. The van der Waals surface area contributed by atoms with E-state index in [-0.39, 0.29) is 5.25 Å². The minimum atomic E-state index is -0.822. The first-order valence-electron chi connectivity index (χ1n) is 5.77. The summed E-state index contributed by atoms with van der Waals surface area (Å²) in [5.74, 6) is 1.62. The molecular formula is C12H17N3OS2. The Hall–Kier alpha value is -1.01. The first-order chi connectivity index (χ1) is 8.49. The molecule has 0 aromatic carbocycles. The van der Waals surface area contributed by atoms with E-state index in [9.17, 15) is 4.21 Å². The summed E-state index contributed by atoms with van der Waals surface area (Å²) in [7, 11) is -0.822. The Morgan fingerprint density at radius 2 is 2.17 bits per heavy atom. The van der Waals surface area contributed by atoms with Crippen molar-refractivity contribution < 1.29 is 4.21 Å². The Balaban J connectivity index is 2.32. The number of hydrogen-bond donors (Lipinski definition) is 1. The van der Waals surface area contributed by atoms with Crippen molar-refractivity contribution in [2.45, 2.75) is 26.0 Å². The third kappa shape index (κ3) is 2.70. The summed E-state index contributed by atoms with van der Waals surface area (Å²) in [4.78, 5) is 9.89. The lowest BCUT2D eigenvalue weighted by Crippen LogP contribution is -2.21. The molecule has 0 radical (unpaired) electrons. The van der Waals surface area contributed by atoms with E-state index in [0.29, 0.717) is 6.54 Å². The summed E-state index contributed by atoms with van der Waals surface area (Å²) >= 11 is 1.63. The second kappa shape index (κ2) is 5.32. The van der Waals surface area contributed by atoms with Crippen molar-refractivity contribution in [3.63, 3.8) is 0 Å². The lowest BCUT2D eigenvalue weighted by atomic mass is 10.2. The molecule has 0 spiro atoms. The molecule has 0 bridgehead atoms. The molecule has 1 N–H and O–H groups in total. The molecule has 2 heterocycles. The van der Waals surface area contributed by atoms with E-state index >= 15 is 0 Å². The predicted octanol–water partition coefficient (Wildman–Crippen LogP) is 2.49. The Morgan fingerprint density at radius 1 is 1.44 bits per heavy atom. The van der Waals surface area contributed by atoms with Crippen LogP contribution in [-0.4, -0.2) is 32.2 Å². The van der Waals surface area contributed by atoms with Gasteiger partial charge in [0.1, 0.15) is 16.5 Å². The number of anilines is 1. The summed E-state index contributed by atoms with van der Waals surface area (Å²) in [5.41, 5.74) is 1.18. The second-order valence-electron chi connectivity index (χ2n) is 4.41. The molecule has 2 rings (SSSR count). The Labute approximate surface area is 113 Å². The maximum atomic E-state index is 11.4. The van der Waals surface area contributed by atoms with Gasteiger partial charge in [-0.05, 0) is 31.7 Å². The number of nitrogens with one attached hydrogen (secondary N) is 1. The van der Waals surface area contributed by atoms with Gasteiger partial charge in [-0.25, -0.2) is 9.97 Å². The van der Waals surface area contributed by atoms with E-state index in [1.54, 1.807) is 17.6 Å². The highest BCUT2D eigenvalue weighted by molar-refractivity contribution is 7.84. The van der Waals surface area contributed by atoms with E-state index in [1.807, 2.05) is 13.8 Å². The fraction of sp³-hybridized carbons (Fsp3) is 0.500. The van der Waals surface area contributed by atoms with Crippen LogP contribution in [0.15, 0.2) is 5.38 Å². The van der Waals surface area contributed by atoms with Gasteiger partial charge in [0.2, 0.25) is 0 Å². The van der Waals surface area contributed by atoms with Crippen LogP contribution in [0, 0.1) is 13.8 Å². The summed E-state index contributed by atoms with van der Waals surface area (Å²) in [5, 5.41) is 6.58. The highest BCUT2D eigenvalue weighted by Crippen LogP contribution is 2.29. The van der Waals surface area contributed by atoms with Gasteiger partial charge in [0.25, 0.3) is 0 Å². The van der Waals surface area contributed by atoms with Crippen LogP contribution in [0.1, 0.15) is 18.3 Å². The number of thiophene rings is 1. The predicted molar refractivity (Wildman–Crippen MR) is 78.9 cm³/mol. The molecule has 2 aromatic heterocycles. The standard InChI is InChI=1S/C12H17N3OS2/c1-7-6-17-12-10(7)11(14-9(3)15-12)13-5-8(2)18(4)16/h6,8H,5H2,1-4H3,(H,13,14,15)/t8-,18-/m1/s1. The third-order valence-corrected chi connectivity index (χ3v) is 5.14. The fourth-order valence-electron chi connectivity index (χ4n) is 1.68. The molecule has 18 heavy (non-hydrogen) atoms. The molecular weight excluding hydrogens is 266 g/mol. The first-order valence-corrected chi connectivity index (χ1v) is 8.27. The lowest BCUT2D eigenvalue weighted by molar-refractivity contribution is 0.679. The van der Waals surface area contributed by atoms with E-state index in [4.69, 9.17) is 0 Å². The highest BCUT2D eigenvalue weighted by atomic mass is 32.2. The molecule has 0 unspecified atom stereocenters. The average Bonchev–Trinajstić information content (AvgIpc) is 2.67. The number of rotatable bonds is 4. The van der Waals surface area contributed by atoms with Crippen molar-refractivity contribution >= 4 is 38.2 Å². The zero-order chi connectivity index (χ0) is 13.3. The number of aromatic nitrogens is 2. The molecule has 0 saturated heterocycles. The summed E-state index contributed by atoms with van der Waals surface area (Å²) in [6.45, 7) is 6.57. The summed E-state index contributed by atoms with van der Waals surface area (Å²) in [6, 6.07) is 0. The zero-order valence-electron chi connectivity index (χ0n) is 11.0. The van der Waals surface area contributed by atoms with Gasteiger partial charge in [0.15, 0.2) is 0 Å². The van der Waals surface area contributed by atoms with Crippen LogP contribution in [0.4, 0.5) is 5.82 Å². The van der Waals surface area contributed by atoms with Gasteiger partial charge < -0.3 is 5.32 Å². The van der Waals surface area contributed by atoms with Crippen LogP contribution in [0.3, 0.4) is 0 Å². The fourth-order valence-corrected chi connectivity index (χ4v) is 2.96. The second-order valence-corrected chi connectivity index (χ2v) is 7.07. The molecule has 0 aliphatic rings. The molecule has 6 heteroatoms. The maximum absolute atomic E-state index is 11.4. The smallest absolute Gasteiger partial charge is 0.138 e. The maximum Gasteiger partial charge on any atom is 0.138 e. The van der Waals surface area contributed by atoms with Crippen molar-refractivity contribution in [1.82, 2.24) is 9.97 Å². The van der Waals surface area contributed by atoms with E-state index in [1.165, 1.54) is 5.56 Å². The van der Waals surface area contributed by atoms with Crippen molar-refractivity contribution in [3.8, 4) is 0 Å². The van der Waals surface area contributed by atoms with Gasteiger partial charge in [0.05, 0.1) is 5.39 Å². The van der Waals surface area contributed by atoms with Crippen LogP contribution in [-0.2, 0) is 10.8 Å². The monoisotopic (exact) mass is 283 g/mol. The van der Waals surface area contributed by atoms with Crippen LogP contribution < -0.4 is 5.32 Å². The average molecular weight is 283 g/mol. The van der Waals surface area contributed by atoms with Crippen LogP contribution in [0.25, 0.3) is 10.2 Å². The van der Waals surface area contributed by atoms with Crippen LogP contribution in [0.2, 0.25) is 0 Å². The van der Waals surface area contributed by atoms with E-state index < -0.39 is 10.8 Å². The van der Waals surface area contributed by atoms with Crippen molar-refractivity contribution in [2.24, 2.45) is 0 Å². The molecule has 4 nitrogen and oxygen atoms in total. The molecule has 2 aromatic rings. The topological polar surface area (TPSA) is 54.9 Å². The van der Waals surface area contributed by atoms with Gasteiger partial charge in [-0.2, -0.15) is 0 Å². The molecule has 2 atom stereocenters. The Morgan fingerprint density at radius 3 is 2.83 bits per heavy atom. The third-order valence-electron chi connectivity index (χ3n) is 2.85. The highest BCUT2D eigenvalue weighted by Gasteiger charge is 2.12. The minimum absolute atomic E-state index is 0.106. The van der Waals surface area contributed by atoms with Gasteiger partial charge in [-0.3, -0.25) is 4.21 Å². The molecule has 0 amide bonds. The number of aryl methyl sites for hydroxylation is 2. The van der Waals surface area contributed by atoms with Crippen LogP contribution in [0.5, 0.6) is 0 Å². The minimum Gasteiger partial charge on any atom is -0.368 e. The first kappa shape index (κ1) is 13.4. The summed E-state index contributed by atoms with van der Waals surface area (Å²) < 4.78 is 11.4. The van der Waals surface area contributed by atoms with Gasteiger partial charge in [0, 0.05) is 28.9 Å². The quantitative estimate of drug-likeness (QED) is 0.936. The number of hydrogen-bond acceptors (Lipinski definition) is 5. The molecule has 0 aliphatic heterocycles. The summed E-state index contributed by atoms with van der Waals surface area (Å²) in [6.07, 6.45) is 1.73. The van der Waals surface area contributed by atoms with Gasteiger partial charge >= 0.3 is 0 Å². The molecule has 0 saturated carbocycles. The van der Waals surface area contributed by atoms with E-state index in [2.05, 4.69) is 27.6 Å². The molecule has 0 aliphatic carbocycles. The molecule has 98 valence electrons. The largest absolute Gasteiger partial charge is 0.368 e. The van der Waals surface area contributed by atoms with Crippen LogP contribution >= 0.6 is 11.3 Å². The van der Waals surface area contributed by atoms with Crippen molar-refractivity contribution in [3.05, 3.63) is 16.8 Å². The Kier molecular flexibility index (Phi) is 3.97. The van der Waals surface area contributed by atoms with Crippen molar-refractivity contribution in [2.75, 3.05) is 18.1 Å². The Bertz CT molecular complexity index is 594. The normalized spacial score (nSPS) is 14.7. The van der Waals surface area contributed by atoms with E-state index in [0.717, 1.165) is 21.9 Å². The number of nitrogens with zero attached hydrogens (tertiary/aromatic N) is 2. The number of fused-ring (bicyclic) bond motifs is 1. The van der Waals surface area contributed by atoms with Gasteiger partial charge in [-0.15, -0.1) is 11.3 Å². The lowest BCUT2D eigenvalue weighted by Gasteiger charge is -2.12. The SMILES string of the molecule is Cc1nc(NC[C@@H](C)[S@@](C)=O)c2c(C)csc2n1.